The van der Waals surface area contributed by atoms with Gasteiger partial charge in [0.1, 0.15) is 6.54 Å². The van der Waals surface area contributed by atoms with Crippen molar-refractivity contribution in [2.75, 3.05) is 18.1 Å². The number of anilines is 1. The lowest BCUT2D eigenvalue weighted by atomic mass is 10.0. The van der Waals surface area contributed by atoms with E-state index in [4.69, 9.17) is 4.74 Å². The van der Waals surface area contributed by atoms with E-state index in [2.05, 4.69) is 0 Å². The molecule has 20 heavy (non-hydrogen) atoms. The lowest BCUT2D eigenvalue weighted by molar-refractivity contribution is -0.142. The van der Waals surface area contributed by atoms with E-state index < -0.39 is 0 Å². The molecule has 0 aliphatic rings. The number of carbonyl (C=O) groups excluding carboxylic acids is 2. The molecule has 0 N–H and O–H groups in total. The van der Waals surface area contributed by atoms with Gasteiger partial charge in [0.2, 0.25) is 5.91 Å². The molecular formula is C16H23NO3. The van der Waals surface area contributed by atoms with Gasteiger partial charge in [0.05, 0.1) is 12.3 Å². The predicted octanol–water partition coefficient (Wildman–Crippen LogP) is 2.73. The van der Waals surface area contributed by atoms with Gasteiger partial charge in [0, 0.05) is 6.92 Å². The van der Waals surface area contributed by atoms with E-state index in [1.54, 1.807) is 6.92 Å². The molecule has 0 aliphatic heterocycles. The molecule has 0 aliphatic carbocycles. The van der Waals surface area contributed by atoms with Crippen molar-refractivity contribution in [2.24, 2.45) is 0 Å². The Labute approximate surface area is 120 Å². The zero-order valence-corrected chi connectivity index (χ0v) is 12.7. The molecule has 4 heteroatoms. The van der Waals surface area contributed by atoms with Crippen molar-refractivity contribution in [3.05, 3.63) is 29.3 Å². The third-order valence-electron chi connectivity index (χ3n) is 3.21. The summed E-state index contributed by atoms with van der Waals surface area (Å²) in [4.78, 5) is 25.2. The van der Waals surface area contributed by atoms with Crippen LogP contribution in [-0.2, 0) is 27.2 Å². The third-order valence-corrected chi connectivity index (χ3v) is 3.21. The highest BCUT2D eigenvalue weighted by atomic mass is 16.5. The van der Waals surface area contributed by atoms with Crippen molar-refractivity contribution in [3.8, 4) is 0 Å². The summed E-state index contributed by atoms with van der Waals surface area (Å²) < 4.78 is 4.96. The molecule has 110 valence electrons. The maximum Gasteiger partial charge on any atom is 0.326 e. The number of esters is 1. The maximum atomic E-state index is 11.9. The van der Waals surface area contributed by atoms with Crippen LogP contribution in [0.2, 0.25) is 0 Å². The first kappa shape index (κ1) is 16.2. The molecule has 1 amide bonds. The Morgan fingerprint density at radius 1 is 1.10 bits per heavy atom. The van der Waals surface area contributed by atoms with Crippen LogP contribution in [-0.4, -0.2) is 25.0 Å². The second-order valence-electron chi connectivity index (χ2n) is 4.54. The monoisotopic (exact) mass is 277 g/mol. The molecule has 0 radical (unpaired) electrons. The summed E-state index contributed by atoms with van der Waals surface area (Å²) in [6.45, 7) is 7.61. The normalized spacial score (nSPS) is 10.2. The molecule has 0 fully saturated rings. The van der Waals surface area contributed by atoms with E-state index >= 15 is 0 Å². The smallest absolute Gasteiger partial charge is 0.326 e. The Kier molecular flexibility index (Phi) is 6.22. The molecule has 0 aromatic heterocycles. The summed E-state index contributed by atoms with van der Waals surface area (Å²) in [6, 6.07) is 5.98. The van der Waals surface area contributed by atoms with E-state index in [-0.39, 0.29) is 18.4 Å². The summed E-state index contributed by atoms with van der Waals surface area (Å²) in [5.41, 5.74) is 3.01. The largest absolute Gasteiger partial charge is 0.465 e. The number of ether oxygens (including phenoxy) is 1. The Morgan fingerprint density at radius 2 is 1.65 bits per heavy atom. The number of hydrogen-bond acceptors (Lipinski definition) is 3. The van der Waals surface area contributed by atoms with Crippen LogP contribution in [0, 0.1) is 0 Å². The molecule has 0 atom stereocenters. The minimum atomic E-state index is -0.379. The molecule has 0 saturated heterocycles. The maximum absolute atomic E-state index is 11.9. The van der Waals surface area contributed by atoms with Crippen LogP contribution in [0.5, 0.6) is 0 Å². The molecular weight excluding hydrogens is 254 g/mol. The van der Waals surface area contributed by atoms with Crippen molar-refractivity contribution < 1.29 is 14.3 Å². The highest BCUT2D eigenvalue weighted by Crippen LogP contribution is 2.27. The van der Waals surface area contributed by atoms with Crippen molar-refractivity contribution in [1.29, 1.82) is 0 Å². The Balaban J connectivity index is 3.20. The minimum Gasteiger partial charge on any atom is -0.465 e. The number of benzene rings is 1. The zero-order valence-electron chi connectivity index (χ0n) is 12.7. The minimum absolute atomic E-state index is 0.0345. The van der Waals surface area contributed by atoms with Gasteiger partial charge < -0.3 is 9.64 Å². The molecule has 0 spiro atoms. The van der Waals surface area contributed by atoms with Crippen LogP contribution < -0.4 is 4.90 Å². The van der Waals surface area contributed by atoms with E-state index in [0.717, 1.165) is 29.7 Å². The Morgan fingerprint density at radius 3 is 2.05 bits per heavy atom. The molecule has 0 bridgehead atoms. The van der Waals surface area contributed by atoms with Gasteiger partial charge in [0.25, 0.3) is 0 Å². The summed E-state index contributed by atoms with van der Waals surface area (Å²) >= 11 is 0. The highest BCUT2D eigenvalue weighted by Gasteiger charge is 2.21. The molecule has 4 nitrogen and oxygen atoms in total. The average Bonchev–Trinajstić information content (AvgIpc) is 2.44. The lowest BCUT2D eigenvalue weighted by Gasteiger charge is -2.25. The number of rotatable bonds is 6. The van der Waals surface area contributed by atoms with Gasteiger partial charge in [-0.25, -0.2) is 0 Å². The molecule has 1 aromatic carbocycles. The lowest BCUT2D eigenvalue weighted by Crippen LogP contribution is -2.36. The summed E-state index contributed by atoms with van der Waals surface area (Å²) in [6.07, 6.45) is 1.63. The Bertz CT molecular complexity index is 460. The van der Waals surface area contributed by atoms with Gasteiger partial charge >= 0.3 is 5.97 Å². The van der Waals surface area contributed by atoms with E-state index in [1.807, 2.05) is 32.0 Å². The molecule has 1 rings (SSSR count). The van der Waals surface area contributed by atoms with E-state index in [1.165, 1.54) is 11.8 Å². The van der Waals surface area contributed by atoms with Crippen LogP contribution in [0.1, 0.15) is 38.8 Å². The second kappa shape index (κ2) is 7.68. The SMILES string of the molecule is CCOC(=O)CN(C(C)=O)c1c(CC)cccc1CC. The van der Waals surface area contributed by atoms with Gasteiger partial charge in [-0.05, 0) is 30.9 Å². The van der Waals surface area contributed by atoms with Crippen molar-refractivity contribution in [1.82, 2.24) is 0 Å². The van der Waals surface area contributed by atoms with Gasteiger partial charge in [-0.3, -0.25) is 9.59 Å². The summed E-state index contributed by atoms with van der Waals surface area (Å²) in [5, 5.41) is 0. The van der Waals surface area contributed by atoms with Crippen molar-refractivity contribution in [2.45, 2.75) is 40.5 Å². The Hall–Kier alpha value is -1.84. The highest BCUT2D eigenvalue weighted by molar-refractivity contribution is 5.97. The quantitative estimate of drug-likeness (QED) is 0.751. The first-order valence-corrected chi connectivity index (χ1v) is 7.09. The fourth-order valence-electron chi connectivity index (χ4n) is 2.25. The van der Waals surface area contributed by atoms with Gasteiger partial charge in [0.15, 0.2) is 0 Å². The standard InChI is InChI=1S/C16H23NO3/c1-5-13-9-8-10-14(6-2)16(13)17(12(4)18)11-15(19)20-7-3/h8-10H,5-7,11H2,1-4H3. The molecule has 0 heterocycles. The van der Waals surface area contributed by atoms with Gasteiger partial charge in [-0.15, -0.1) is 0 Å². The van der Waals surface area contributed by atoms with Crippen LogP contribution in [0.4, 0.5) is 5.69 Å². The van der Waals surface area contributed by atoms with Crippen molar-refractivity contribution in [3.63, 3.8) is 0 Å². The molecule has 1 aromatic rings. The first-order valence-electron chi connectivity index (χ1n) is 7.09. The zero-order chi connectivity index (χ0) is 15.1. The predicted molar refractivity (Wildman–Crippen MR) is 79.9 cm³/mol. The van der Waals surface area contributed by atoms with E-state index in [0.29, 0.717) is 6.61 Å². The second-order valence-corrected chi connectivity index (χ2v) is 4.54. The van der Waals surface area contributed by atoms with Crippen LogP contribution in [0.25, 0.3) is 0 Å². The van der Waals surface area contributed by atoms with Crippen LogP contribution in [0.15, 0.2) is 18.2 Å². The number of aryl methyl sites for hydroxylation is 2. The van der Waals surface area contributed by atoms with Gasteiger partial charge in [-0.2, -0.15) is 0 Å². The summed E-state index contributed by atoms with van der Waals surface area (Å²) in [5.74, 6) is -0.524. The number of hydrogen-bond donors (Lipinski definition) is 0. The number of carbonyl (C=O) groups is 2. The van der Waals surface area contributed by atoms with Crippen LogP contribution >= 0.6 is 0 Å². The van der Waals surface area contributed by atoms with Gasteiger partial charge in [-0.1, -0.05) is 32.0 Å². The van der Waals surface area contributed by atoms with Crippen LogP contribution in [0.3, 0.4) is 0 Å². The topological polar surface area (TPSA) is 46.6 Å². The number of nitrogens with zero attached hydrogens (tertiary/aromatic N) is 1. The summed E-state index contributed by atoms with van der Waals surface area (Å²) in [7, 11) is 0. The van der Waals surface area contributed by atoms with Crippen molar-refractivity contribution >= 4 is 17.6 Å². The molecule has 0 saturated carbocycles. The molecule has 0 unspecified atom stereocenters. The third kappa shape index (κ3) is 3.83. The van der Waals surface area contributed by atoms with E-state index in [9.17, 15) is 9.59 Å². The fourth-order valence-corrected chi connectivity index (χ4v) is 2.25. The average molecular weight is 277 g/mol. The fraction of sp³-hybridized carbons (Fsp3) is 0.500. The first-order chi connectivity index (χ1) is 9.54. The number of para-hydroxylation sites is 1. The number of amides is 1.